The van der Waals surface area contributed by atoms with Crippen LogP contribution < -0.4 is 5.32 Å². The molecule has 0 fully saturated rings. The smallest absolute Gasteiger partial charge is 0.144 e. The maximum Gasteiger partial charge on any atom is 0.144 e. The minimum atomic E-state index is 0.558. The van der Waals surface area contributed by atoms with Crippen molar-refractivity contribution in [2.45, 2.75) is 6.42 Å². The van der Waals surface area contributed by atoms with Gasteiger partial charge in [0, 0.05) is 18.4 Å². The summed E-state index contributed by atoms with van der Waals surface area (Å²) in [6, 6.07) is 15.6. The number of nitrogens with zero attached hydrogens (tertiary/aromatic N) is 2. The van der Waals surface area contributed by atoms with Gasteiger partial charge in [-0.2, -0.15) is 5.26 Å². The first-order valence-corrected chi connectivity index (χ1v) is 6.43. The number of anilines is 1. The highest BCUT2D eigenvalue weighted by Gasteiger charge is 2.06. The molecule has 20 heavy (non-hydrogen) atoms. The third kappa shape index (κ3) is 2.47. The molecule has 0 radical (unpaired) electrons. The number of pyridine rings is 1. The highest BCUT2D eigenvalue weighted by Crippen LogP contribution is 2.19. The first kappa shape index (κ1) is 12.2. The van der Waals surface area contributed by atoms with E-state index in [1.165, 1.54) is 0 Å². The highest BCUT2D eigenvalue weighted by molar-refractivity contribution is 5.82. The molecule has 0 unspecified atom stereocenters. The van der Waals surface area contributed by atoms with Gasteiger partial charge in [0.05, 0.1) is 17.3 Å². The lowest BCUT2D eigenvalue weighted by molar-refractivity contribution is 0.513. The topological polar surface area (TPSA) is 61.9 Å². The van der Waals surface area contributed by atoms with E-state index >= 15 is 0 Å². The van der Waals surface area contributed by atoms with E-state index in [2.05, 4.69) is 16.4 Å². The summed E-state index contributed by atoms with van der Waals surface area (Å²) in [6.45, 7) is 0.674. The van der Waals surface area contributed by atoms with Crippen LogP contribution in [0.3, 0.4) is 0 Å². The zero-order valence-electron chi connectivity index (χ0n) is 10.8. The summed E-state index contributed by atoms with van der Waals surface area (Å²) in [5.41, 5.74) is 1.44. The fraction of sp³-hybridized carbons (Fsp3) is 0.125. The van der Waals surface area contributed by atoms with E-state index in [1.807, 2.05) is 42.5 Å². The zero-order chi connectivity index (χ0) is 13.8. The first-order chi connectivity index (χ1) is 9.86. The number of rotatable bonds is 4. The molecule has 98 valence electrons. The molecule has 3 aromatic rings. The van der Waals surface area contributed by atoms with Crippen LogP contribution >= 0.6 is 0 Å². The molecule has 0 aliphatic carbocycles. The Morgan fingerprint density at radius 3 is 2.90 bits per heavy atom. The molecule has 4 heteroatoms. The van der Waals surface area contributed by atoms with E-state index in [-0.39, 0.29) is 0 Å². The van der Waals surface area contributed by atoms with Crippen LogP contribution in [0.15, 0.2) is 53.1 Å². The average Bonchev–Trinajstić information content (AvgIpc) is 3.00. The van der Waals surface area contributed by atoms with Crippen LogP contribution in [0.5, 0.6) is 0 Å². The second-order valence-corrected chi connectivity index (χ2v) is 4.45. The van der Waals surface area contributed by atoms with Crippen LogP contribution in [0.2, 0.25) is 0 Å². The predicted octanol–water partition coefficient (Wildman–Crippen LogP) is 3.35. The average molecular weight is 263 g/mol. The first-order valence-electron chi connectivity index (χ1n) is 6.43. The second kappa shape index (κ2) is 5.45. The van der Waals surface area contributed by atoms with E-state index < -0.39 is 0 Å². The van der Waals surface area contributed by atoms with Crippen molar-refractivity contribution in [3.8, 4) is 6.07 Å². The van der Waals surface area contributed by atoms with E-state index in [4.69, 9.17) is 4.42 Å². The van der Waals surface area contributed by atoms with Crippen molar-refractivity contribution in [3.05, 3.63) is 60.1 Å². The molecule has 0 atom stereocenters. The van der Waals surface area contributed by atoms with Crippen molar-refractivity contribution >= 4 is 16.7 Å². The molecule has 0 aliphatic heterocycles. The van der Waals surface area contributed by atoms with Gasteiger partial charge in [-0.05, 0) is 24.3 Å². The van der Waals surface area contributed by atoms with Crippen molar-refractivity contribution in [2.24, 2.45) is 0 Å². The van der Waals surface area contributed by atoms with Gasteiger partial charge >= 0.3 is 0 Å². The summed E-state index contributed by atoms with van der Waals surface area (Å²) >= 11 is 0. The molecule has 1 N–H and O–H groups in total. The van der Waals surface area contributed by atoms with Crippen LogP contribution in [0.4, 0.5) is 5.82 Å². The molecular weight excluding hydrogens is 250 g/mol. The molecule has 2 aromatic heterocycles. The summed E-state index contributed by atoms with van der Waals surface area (Å²) in [4.78, 5) is 4.50. The fourth-order valence-electron chi connectivity index (χ4n) is 2.09. The third-order valence-electron chi connectivity index (χ3n) is 3.09. The van der Waals surface area contributed by atoms with Gasteiger partial charge < -0.3 is 9.73 Å². The minimum Gasteiger partial charge on any atom is -0.469 e. The summed E-state index contributed by atoms with van der Waals surface area (Å²) < 4.78 is 5.27. The normalized spacial score (nSPS) is 10.3. The molecule has 0 saturated carbocycles. The van der Waals surface area contributed by atoms with Crippen molar-refractivity contribution in [3.63, 3.8) is 0 Å². The second-order valence-electron chi connectivity index (χ2n) is 4.45. The van der Waals surface area contributed by atoms with Crippen molar-refractivity contribution in [1.82, 2.24) is 4.98 Å². The van der Waals surface area contributed by atoms with Crippen molar-refractivity contribution in [2.75, 3.05) is 11.9 Å². The van der Waals surface area contributed by atoms with Crippen LogP contribution in [0, 0.1) is 11.3 Å². The standard InChI is InChI=1S/C16H13N3O/c17-11-13-10-12-4-1-2-6-15(12)19-16(13)18-8-7-14-5-3-9-20-14/h1-6,9-10H,7-8H2,(H,18,19). The number of aromatic nitrogens is 1. The Bertz CT molecular complexity index is 757. The predicted molar refractivity (Wildman–Crippen MR) is 77.4 cm³/mol. The third-order valence-corrected chi connectivity index (χ3v) is 3.09. The lowest BCUT2D eigenvalue weighted by Crippen LogP contribution is -2.07. The molecule has 0 spiro atoms. The van der Waals surface area contributed by atoms with E-state index in [9.17, 15) is 5.26 Å². The Balaban J connectivity index is 1.81. The number of hydrogen-bond donors (Lipinski definition) is 1. The van der Waals surface area contributed by atoms with Crippen LogP contribution in [0.1, 0.15) is 11.3 Å². The minimum absolute atomic E-state index is 0.558. The SMILES string of the molecule is N#Cc1cc2ccccc2nc1NCCc1ccco1. The maximum atomic E-state index is 9.21. The number of furan rings is 1. The summed E-state index contributed by atoms with van der Waals surface area (Å²) in [7, 11) is 0. The number of benzene rings is 1. The Kier molecular flexibility index (Phi) is 3.34. The number of hydrogen-bond acceptors (Lipinski definition) is 4. The van der Waals surface area contributed by atoms with Crippen LogP contribution in [0.25, 0.3) is 10.9 Å². The van der Waals surface area contributed by atoms with Gasteiger partial charge in [0.1, 0.15) is 17.6 Å². The van der Waals surface area contributed by atoms with Gasteiger partial charge in [0.25, 0.3) is 0 Å². The molecule has 0 aliphatic rings. The van der Waals surface area contributed by atoms with E-state index in [0.717, 1.165) is 23.1 Å². The Labute approximate surface area is 116 Å². The molecule has 0 amide bonds. The Hall–Kier alpha value is -2.80. The lowest BCUT2D eigenvalue weighted by atomic mass is 10.1. The molecule has 0 saturated heterocycles. The van der Waals surface area contributed by atoms with Gasteiger partial charge in [-0.1, -0.05) is 18.2 Å². The molecule has 4 nitrogen and oxygen atoms in total. The monoisotopic (exact) mass is 263 g/mol. The number of nitrogens with one attached hydrogen (secondary N) is 1. The molecule has 0 bridgehead atoms. The number of para-hydroxylation sites is 1. The zero-order valence-corrected chi connectivity index (χ0v) is 10.8. The Morgan fingerprint density at radius 1 is 1.20 bits per heavy atom. The molecule has 1 aromatic carbocycles. The molecule has 3 rings (SSSR count). The quantitative estimate of drug-likeness (QED) is 0.784. The van der Waals surface area contributed by atoms with E-state index in [0.29, 0.717) is 17.9 Å². The Morgan fingerprint density at radius 2 is 2.10 bits per heavy atom. The van der Waals surface area contributed by atoms with Crippen molar-refractivity contribution in [1.29, 1.82) is 5.26 Å². The van der Waals surface area contributed by atoms with Crippen LogP contribution in [-0.2, 0) is 6.42 Å². The highest BCUT2D eigenvalue weighted by atomic mass is 16.3. The number of nitriles is 1. The lowest BCUT2D eigenvalue weighted by Gasteiger charge is -2.08. The summed E-state index contributed by atoms with van der Waals surface area (Å²) in [5.74, 6) is 1.54. The molecule has 2 heterocycles. The van der Waals surface area contributed by atoms with Crippen molar-refractivity contribution < 1.29 is 4.42 Å². The van der Waals surface area contributed by atoms with Gasteiger partial charge in [-0.25, -0.2) is 4.98 Å². The number of fused-ring (bicyclic) bond motifs is 1. The largest absolute Gasteiger partial charge is 0.469 e. The summed E-state index contributed by atoms with van der Waals surface area (Å²) in [5, 5.41) is 13.4. The van der Waals surface area contributed by atoms with Gasteiger partial charge in [-0.3, -0.25) is 0 Å². The van der Waals surface area contributed by atoms with Gasteiger partial charge in [0.2, 0.25) is 0 Å². The maximum absolute atomic E-state index is 9.21. The van der Waals surface area contributed by atoms with Crippen LogP contribution in [-0.4, -0.2) is 11.5 Å². The van der Waals surface area contributed by atoms with E-state index in [1.54, 1.807) is 6.26 Å². The van der Waals surface area contributed by atoms with Gasteiger partial charge in [-0.15, -0.1) is 0 Å². The van der Waals surface area contributed by atoms with Gasteiger partial charge in [0.15, 0.2) is 0 Å². The fourth-order valence-corrected chi connectivity index (χ4v) is 2.09. The molecular formula is C16H13N3O. The summed E-state index contributed by atoms with van der Waals surface area (Å²) in [6.07, 6.45) is 2.41.